The van der Waals surface area contributed by atoms with Gasteiger partial charge in [0.25, 0.3) is 5.91 Å². The van der Waals surface area contributed by atoms with Crippen LogP contribution in [0.25, 0.3) is 0 Å². The first-order valence-corrected chi connectivity index (χ1v) is 8.97. The van der Waals surface area contributed by atoms with Gasteiger partial charge in [0.15, 0.2) is 0 Å². The lowest BCUT2D eigenvalue weighted by Gasteiger charge is -2.18. The zero-order chi connectivity index (χ0) is 19.6. The van der Waals surface area contributed by atoms with Gasteiger partial charge in [0.05, 0.1) is 16.5 Å². The summed E-state index contributed by atoms with van der Waals surface area (Å²) in [4.78, 5) is 38.4. The van der Waals surface area contributed by atoms with E-state index in [0.29, 0.717) is 5.02 Å². The summed E-state index contributed by atoms with van der Waals surface area (Å²) in [6, 6.07) is 12.3. The number of carbonyl (C=O) groups is 3. The standard InChI is InChI=1S/C20H20ClN3O3/c1-12-7-8-15(9-13(12)2)24-11-14(10-18(24)25)19(26)22-23-20(27)16-5-3-4-6-17(16)21/h3-9,14H,10-11H2,1-2H3,(H,22,26)(H,23,27)/t14-/m1/s1. The van der Waals surface area contributed by atoms with Crippen LogP contribution in [-0.2, 0) is 9.59 Å². The minimum atomic E-state index is -0.536. The van der Waals surface area contributed by atoms with Gasteiger partial charge in [-0.1, -0.05) is 29.8 Å². The first-order chi connectivity index (χ1) is 12.9. The fourth-order valence-electron chi connectivity index (χ4n) is 2.96. The van der Waals surface area contributed by atoms with Crippen molar-refractivity contribution in [2.24, 2.45) is 5.92 Å². The van der Waals surface area contributed by atoms with Crippen molar-refractivity contribution in [3.63, 3.8) is 0 Å². The van der Waals surface area contributed by atoms with Gasteiger partial charge in [-0.2, -0.15) is 0 Å². The predicted molar refractivity (Wildman–Crippen MR) is 103 cm³/mol. The molecule has 1 aliphatic rings. The fourth-order valence-corrected chi connectivity index (χ4v) is 3.18. The number of anilines is 1. The third-order valence-electron chi connectivity index (χ3n) is 4.72. The fraction of sp³-hybridized carbons (Fsp3) is 0.250. The van der Waals surface area contributed by atoms with E-state index in [-0.39, 0.29) is 24.4 Å². The number of carbonyl (C=O) groups excluding carboxylic acids is 3. The molecule has 0 unspecified atom stereocenters. The molecular weight excluding hydrogens is 366 g/mol. The molecule has 0 radical (unpaired) electrons. The Morgan fingerprint density at radius 3 is 2.52 bits per heavy atom. The molecule has 1 atom stereocenters. The smallest absolute Gasteiger partial charge is 0.271 e. The number of benzene rings is 2. The molecule has 0 spiro atoms. The van der Waals surface area contributed by atoms with Crippen LogP contribution in [0.15, 0.2) is 42.5 Å². The van der Waals surface area contributed by atoms with E-state index in [1.807, 2.05) is 32.0 Å². The number of hydrogen-bond donors (Lipinski definition) is 2. The topological polar surface area (TPSA) is 78.5 Å². The second kappa shape index (κ2) is 7.80. The molecule has 0 aromatic heterocycles. The van der Waals surface area contributed by atoms with Gasteiger partial charge in [-0.3, -0.25) is 25.2 Å². The summed E-state index contributed by atoms with van der Waals surface area (Å²) in [5.41, 5.74) is 8.00. The Hall–Kier alpha value is -2.86. The lowest BCUT2D eigenvalue weighted by molar-refractivity contribution is -0.126. The Labute approximate surface area is 162 Å². The number of hydrogen-bond acceptors (Lipinski definition) is 3. The third kappa shape index (κ3) is 4.11. The summed E-state index contributed by atoms with van der Waals surface area (Å²) in [6.45, 7) is 4.26. The molecule has 6 nitrogen and oxygen atoms in total. The number of halogens is 1. The Bertz CT molecular complexity index is 913. The predicted octanol–water partition coefficient (Wildman–Crippen LogP) is 2.77. The lowest BCUT2D eigenvalue weighted by atomic mass is 10.1. The van der Waals surface area contributed by atoms with Crippen LogP contribution in [0.4, 0.5) is 5.69 Å². The van der Waals surface area contributed by atoms with Crippen LogP contribution in [0.1, 0.15) is 27.9 Å². The van der Waals surface area contributed by atoms with Crippen LogP contribution in [0, 0.1) is 19.8 Å². The summed E-state index contributed by atoms with van der Waals surface area (Å²) < 4.78 is 0. The lowest BCUT2D eigenvalue weighted by Crippen LogP contribution is -2.45. The Morgan fingerprint density at radius 1 is 1.07 bits per heavy atom. The Morgan fingerprint density at radius 2 is 1.81 bits per heavy atom. The highest BCUT2D eigenvalue weighted by molar-refractivity contribution is 6.33. The van der Waals surface area contributed by atoms with Gasteiger partial charge >= 0.3 is 0 Å². The minimum Gasteiger partial charge on any atom is -0.312 e. The molecule has 0 bridgehead atoms. The van der Waals surface area contributed by atoms with Gasteiger partial charge in [0.1, 0.15) is 0 Å². The van der Waals surface area contributed by atoms with Crippen molar-refractivity contribution in [2.45, 2.75) is 20.3 Å². The molecule has 3 amide bonds. The molecule has 1 heterocycles. The van der Waals surface area contributed by atoms with Crippen LogP contribution < -0.4 is 15.8 Å². The Kier molecular flexibility index (Phi) is 5.46. The largest absolute Gasteiger partial charge is 0.312 e. The van der Waals surface area contributed by atoms with Crippen molar-refractivity contribution < 1.29 is 14.4 Å². The van der Waals surface area contributed by atoms with Gasteiger partial charge in [0, 0.05) is 18.7 Å². The van der Waals surface area contributed by atoms with Crippen LogP contribution in [0.5, 0.6) is 0 Å². The number of nitrogens with one attached hydrogen (secondary N) is 2. The number of aryl methyl sites for hydroxylation is 2. The minimum absolute atomic E-state index is 0.0979. The van der Waals surface area contributed by atoms with Crippen molar-refractivity contribution in [1.82, 2.24) is 10.9 Å². The highest BCUT2D eigenvalue weighted by Crippen LogP contribution is 2.26. The molecule has 2 aromatic carbocycles. The average molecular weight is 386 g/mol. The molecule has 140 valence electrons. The van der Waals surface area contributed by atoms with E-state index in [0.717, 1.165) is 16.8 Å². The summed E-state index contributed by atoms with van der Waals surface area (Å²) >= 11 is 5.97. The van der Waals surface area contributed by atoms with Gasteiger partial charge in [-0.25, -0.2) is 0 Å². The molecule has 0 saturated carbocycles. The second-order valence-corrected chi connectivity index (χ2v) is 7.00. The molecule has 0 aliphatic carbocycles. The van der Waals surface area contributed by atoms with Crippen molar-refractivity contribution in [2.75, 3.05) is 11.4 Å². The average Bonchev–Trinajstić information content (AvgIpc) is 3.04. The molecule has 7 heteroatoms. The molecule has 1 aliphatic heterocycles. The maximum Gasteiger partial charge on any atom is 0.271 e. The number of nitrogens with zero attached hydrogens (tertiary/aromatic N) is 1. The van der Waals surface area contributed by atoms with Gasteiger partial charge in [-0.05, 0) is 49.2 Å². The Balaban J connectivity index is 1.61. The maximum atomic E-state index is 12.4. The van der Waals surface area contributed by atoms with E-state index in [4.69, 9.17) is 11.6 Å². The van der Waals surface area contributed by atoms with Crippen molar-refractivity contribution in [3.8, 4) is 0 Å². The van der Waals surface area contributed by atoms with Gasteiger partial charge in [0.2, 0.25) is 11.8 Å². The third-order valence-corrected chi connectivity index (χ3v) is 5.05. The molecular formula is C20H20ClN3O3. The summed E-state index contributed by atoms with van der Waals surface area (Å²) in [7, 11) is 0. The zero-order valence-electron chi connectivity index (χ0n) is 15.1. The number of amides is 3. The second-order valence-electron chi connectivity index (χ2n) is 6.60. The van der Waals surface area contributed by atoms with Crippen LogP contribution in [0.2, 0.25) is 5.02 Å². The highest BCUT2D eigenvalue weighted by atomic mass is 35.5. The number of hydrazine groups is 1. The zero-order valence-corrected chi connectivity index (χ0v) is 15.8. The molecule has 27 heavy (non-hydrogen) atoms. The maximum absolute atomic E-state index is 12.4. The van der Waals surface area contributed by atoms with Crippen LogP contribution in [0.3, 0.4) is 0 Å². The van der Waals surface area contributed by atoms with Gasteiger partial charge in [-0.15, -0.1) is 0 Å². The molecule has 1 fully saturated rings. The quantitative estimate of drug-likeness (QED) is 0.797. The highest BCUT2D eigenvalue weighted by Gasteiger charge is 2.35. The summed E-state index contributed by atoms with van der Waals surface area (Å²) in [5, 5.41) is 0.293. The van der Waals surface area contributed by atoms with E-state index in [9.17, 15) is 14.4 Å². The van der Waals surface area contributed by atoms with Crippen LogP contribution in [-0.4, -0.2) is 24.3 Å². The van der Waals surface area contributed by atoms with Crippen molar-refractivity contribution >= 4 is 35.0 Å². The van der Waals surface area contributed by atoms with E-state index >= 15 is 0 Å². The first kappa shape index (κ1) is 18.9. The first-order valence-electron chi connectivity index (χ1n) is 8.59. The molecule has 3 rings (SSSR count). The molecule has 2 N–H and O–H groups in total. The molecule has 1 saturated heterocycles. The SMILES string of the molecule is Cc1ccc(N2C[C@H](C(=O)NNC(=O)c3ccccc3Cl)CC2=O)cc1C. The normalized spacial score (nSPS) is 16.3. The number of rotatable bonds is 3. The van der Waals surface area contributed by atoms with E-state index < -0.39 is 17.7 Å². The van der Waals surface area contributed by atoms with Crippen molar-refractivity contribution in [1.29, 1.82) is 0 Å². The molecule has 2 aromatic rings. The summed E-state index contributed by atoms with van der Waals surface area (Å²) in [6.07, 6.45) is 0.0979. The summed E-state index contributed by atoms with van der Waals surface area (Å²) in [5.74, 6) is -1.57. The van der Waals surface area contributed by atoms with Crippen molar-refractivity contribution in [3.05, 3.63) is 64.2 Å². The monoisotopic (exact) mass is 385 g/mol. The van der Waals surface area contributed by atoms with Crippen LogP contribution >= 0.6 is 11.6 Å². The van der Waals surface area contributed by atoms with E-state index in [1.54, 1.807) is 29.2 Å². The van der Waals surface area contributed by atoms with E-state index in [2.05, 4.69) is 10.9 Å². The van der Waals surface area contributed by atoms with E-state index in [1.165, 1.54) is 0 Å². The van der Waals surface area contributed by atoms with Gasteiger partial charge < -0.3 is 4.90 Å².